The molecule has 0 saturated carbocycles. The third-order valence-corrected chi connectivity index (χ3v) is 7.68. The highest BCUT2D eigenvalue weighted by molar-refractivity contribution is 7.09. The highest BCUT2D eigenvalue weighted by atomic mass is 32.1. The Kier molecular flexibility index (Phi) is 7.93. The van der Waals surface area contributed by atoms with E-state index in [-0.39, 0.29) is 24.5 Å². The number of ether oxygens (including phenoxy) is 2. The van der Waals surface area contributed by atoms with E-state index in [0.29, 0.717) is 35.1 Å². The third kappa shape index (κ3) is 5.96. The molecule has 1 N–H and O–H groups in total. The van der Waals surface area contributed by atoms with Crippen LogP contribution >= 0.6 is 11.3 Å². The average molecular weight is 542 g/mol. The molecule has 7 nitrogen and oxygen atoms in total. The van der Waals surface area contributed by atoms with Crippen LogP contribution in [-0.2, 0) is 17.8 Å². The van der Waals surface area contributed by atoms with Crippen LogP contribution in [0.5, 0.6) is 11.5 Å². The van der Waals surface area contributed by atoms with E-state index in [9.17, 15) is 9.59 Å². The number of methoxy groups -OCH3 is 1. The lowest BCUT2D eigenvalue weighted by Crippen LogP contribution is -2.40. The fourth-order valence-corrected chi connectivity index (χ4v) is 5.44. The maximum atomic E-state index is 12.9. The average Bonchev–Trinajstić information content (AvgIpc) is 3.45. The van der Waals surface area contributed by atoms with Gasteiger partial charge in [-0.05, 0) is 66.4 Å². The molecule has 200 valence electrons. The van der Waals surface area contributed by atoms with Gasteiger partial charge < -0.3 is 19.7 Å². The first-order chi connectivity index (χ1) is 18.9. The van der Waals surface area contributed by atoms with Crippen molar-refractivity contribution in [2.24, 2.45) is 0 Å². The Labute approximate surface area is 232 Å². The molecule has 1 atom stereocenters. The highest BCUT2D eigenvalue weighted by Crippen LogP contribution is 2.37. The first-order valence-electron chi connectivity index (χ1n) is 13.0. The van der Waals surface area contributed by atoms with Gasteiger partial charge in [-0.3, -0.25) is 9.59 Å². The maximum absolute atomic E-state index is 12.9. The van der Waals surface area contributed by atoms with Crippen LogP contribution in [0.3, 0.4) is 0 Å². The van der Waals surface area contributed by atoms with Crippen molar-refractivity contribution in [2.45, 2.75) is 39.3 Å². The van der Waals surface area contributed by atoms with Crippen molar-refractivity contribution < 1.29 is 19.1 Å². The number of fused-ring (bicyclic) bond motifs is 1. The molecule has 5 rings (SSSR count). The first kappa shape index (κ1) is 26.4. The van der Waals surface area contributed by atoms with Crippen LogP contribution in [0.25, 0.3) is 0 Å². The number of nitrogens with zero attached hydrogens (tertiary/aromatic N) is 2. The molecule has 0 radical (unpaired) electrons. The number of rotatable bonds is 8. The summed E-state index contributed by atoms with van der Waals surface area (Å²) in [5, 5.41) is 5.28. The standard InChI is InChI=1S/C31H31N3O4S/c1-4-29(35)34-16-15-21-9-12-25(17-26(21)30(34)22-7-5-20(2)6-8-22)38-18-28-33-27(19-39-28)31(36)32-23-10-13-24(37-3)14-11-23/h5-14,17,19,30H,4,15-16,18H2,1-3H3,(H,32,36). The molecule has 0 spiro atoms. The number of thiazole rings is 1. The van der Waals surface area contributed by atoms with Crippen LogP contribution in [0.2, 0.25) is 0 Å². The summed E-state index contributed by atoms with van der Waals surface area (Å²) < 4.78 is 11.3. The molecule has 8 heteroatoms. The molecule has 0 aliphatic carbocycles. The summed E-state index contributed by atoms with van der Waals surface area (Å²) in [4.78, 5) is 32.0. The largest absolute Gasteiger partial charge is 0.497 e. The Hall–Kier alpha value is -4.17. The Morgan fingerprint density at radius 2 is 1.79 bits per heavy atom. The van der Waals surface area contributed by atoms with E-state index in [1.54, 1.807) is 36.8 Å². The molecule has 1 aliphatic rings. The zero-order valence-corrected chi connectivity index (χ0v) is 23.1. The van der Waals surface area contributed by atoms with Crippen molar-refractivity contribution in [3.8, 4) is 11.5 Å². The van der Waals surface area contributed by atoms with Crippen LogP contribution in [0.1, 0.15) is 57.1 Å². The molecule has 39 heavy (non-hydrogen) atoms. The number of anilines is 1. The van der Waals surface area contributed by atoms with Gasteiger partial charge in [0.2, 0.25) is 5.91 Å². The minimum Gasteiger partial charge on any atom is -0.497 e. The van der Waals surface area contributed by atoms with E-state index in [4.69, 9.17) is 9.47 Å². The number of nitrogens with one attached hydrogen (secondary N) is 1. The number of aromatic nitrogens is 1. The number of amides is 2. The van der Waals surface area contributed by atoms with Crippen molar-refractivity contribution in [3.05, 3.63) is 105 Å². The van der Waals surface area contributed by atoms with E-state index in [1.807, 2.05) is 24.0 Å². The van der Waals surface area contributed by atoms with Crippen molar-refractivity contribution >= 4 is 28.8 Å². The minimum absolute atomic E-state index is 0.140. The number of carbonyl (C=O) groups excluding carboxylic acids is 2. The van der Waals surface area contributed by atoms with Gasteiger partial charge in [0.25, 0.3) is 5.91 Å². The summed E-state index contributed by atoms with van der Waals surface area (Å²) in [6.45, 7) is 4.90. The van der Waals surface area contributed by atoms with E-state index in [1.165, 1.54) is 22.5 Å². The van der Waals surface area contributed by atoms with Crippen LogP contribution in [0.4, 0.5) is 5.69 Å². The second-order valence-electron chi connectivity index (χ2n) is 9.46. The first-order valence-corrected chi connectivity index (χ1v) is 13.8. The molecule has 2 amide bonds. The molecule has 0 fully saturated rings. The van der Waals surface area contributed by atoms with Crippen molar-refractivity contribution in [2.75, 3.05) is 19.0 Å². The SMILES string of the molecule is CCC(=O)N1CCc2ccc(OCc3nc(C(=O)Nc4ccc(OC)cc4)cs3)cc2C1c1ccc(C)cc1. The van der Waals surface area contributed by atoms with Gasteiger partial charge in [0, 0.05) is 24.0 Å². The lowest BCUT2D eigenvalue weighted by atomic mass is 9.87. The van der Waals surface area contributed by atoms with Crippen molar-refractivity contribution in [1.82, 2.24) is 9.88 Å². The highest BCUT2D eigenvalue weighted by Gasteiger charge is 2.31. The zero-order chi connectivity index (χ0) is 27.4. The molecule has 4 aromatic rings. The second-order valence-corrected chi connectivity index (χ2v) is 10.4. The Balaban J connectivity index is 1.30. The number of hydrogen-bond donors (Lipinski definition) is 1. The van der Waals surface area contributed by atoms with Gasteiger partial charge in [-0.2, -0.15) is 0 Å². The van der Waals surface area contributed by atoms with Crippen LogP contribution in [-0.4, -0.2) is 35.4 Å². The molecule has 1 aromatic heterocycles. The molecular formula is C31H31N3O4S. The number of carbonyl (C=O) groups is 2. The smallest absolute Gasteiger partial charge is 0.275 e. The quantitative estimate of drug-likeness (QED) is 0.288. The number of benzene rings is 3. The normalized spacial score (nSPS) is 14.4. The molecule has 0 bridgehead atoms. The van der Waals surface area contributed by atoms with Crippen molar-refractivity contribution in [1.29, 1.82) is 0 Å². The van der Waals surface area contributed by atoms with Crippen molar-refractivity contribution in [3.63, 3.8) is 0 Å². The van der Waals surface area contributed by atoms with E-state index in [0.717, 1.165) is 23.3 Å². The fourth-order valence-electron chi connectivity index (χ4n) is 4.76. The molecule has 3 aromatic carbocycles. The Bertz CT molecular complexity index is 1460. The topological polar surface area (TPSA) is 80.8 Å². The van der Waals surface area contributed by atoms with E-state index in [2.05, 4.69) is 47.6 Å². The number of hydrogen-bond acceptors (Lipinski definition) is 6. The summed E-state index contributed by atoms with van der Waals surface area (Å²) in [5.74, 6) is 1.29. The molecular weight excluding hydrogens is 510 g/mol. The minimum atomic E-state index is -0.280. The monoisotopic (exact) mass is 541 g/mol. The van der Waals surface area contributed by atoms with Gasteiger partial charge in [0.15, 0.2) is 0 Å². The summed E-state index contributed by atoms with van der Waals surface area (Å²) in [7, 11) is 1.60. The van der Waals surface area contributed by atoms with Crippen LogP contribution in [0.15, 0.2) is 72.1 Å². The van der Waals surface area contributed by atoms with Gasteiger partial charge in [0.05, 0.1) is 13.2 Å². The molecule has 2 heterocycles. The van der Waals surface area contributed by atoms with Gasteiger partial charge in [0.1, 0.15) is 28.8 Å². The van der Waals surface area contributed by atoms with E-state index < -0.39 is 0 Å². The molecule has 0 saturated heterocycles. The zero-order valence-electron chi connectivity index (χ0n) is 22.3. The maximum Gasteiger partial charge on any atom is 0.275 e. The van der Waals surface area contributed by atoms with E-state index >= 15 is 0 Å². The summed E-state index contributed by atoms with van der Waals surface area (Å²) in [6, 6.07) is 21.5. The number of aryl methyl sites for hydroxylation is 1. The fraction of sp³-hybridized carbons (Fsp3) is 0.258. The third-order valence-electron chi connectivity index (χ3n) is 6.86. The van der Waals surface area contributed by atoms with Gasteiger partial charge in [-0.25, -0.2) is 4.98 Å². The predicted octanol–water partition coefficient (Wildman–Crippen LogP) is 6.18. The van der Waals surface area contributed by atoms with Crippen LogP contribution in [0, 0.1) is 6.92 Å². The predicted molar refractivity (Wildman–Crippen MR) is 153 cm³/mol. The summed E-state index contributed by atoms with van der Waals surface area (Å²) in [6.07, 6.45) is 1.27. The Morgan fingerprint density at radius 1 is 1.05 bits per heavy atom. The second kappa shape index (κ2) is 11.7. The lowest BCUT2D eigenvalue weighted by molar-refractivity contribution is -0.132. The summed E-state index contributed by atoms with van der Waals surface area (Å²) in [5.41, 5.74) is 5.59. The molecule has 1 aliphatic heterocycles. The summed E-state index contributed by atoms with van der Waals surface area (Å²) >= 11 is 1.38. The van der Waals surface area contributed by atoms with Crippen LogP contribution < -0.4 is 14.8 Å². The molecule has 1 unspecified atom stereocenters. The van der Waals surface area contributed by atoms with Gasteiger partial charge >= 0.3 is 0 Å². The van der Waals surface area contributed by atoms with Gasteiger partial charge in [-0.1, -0.05) is 42.8 Å². The Morgan fingerprint density at radius 3 is 2.51 bits per heavy atom. The lowest BCUT2D eigenvalue weighted by Gasteiger charge is -2.38. The van der Waals surface area contributed by atoms with Gasteiger partial charge in [-0.15, -0.1) is 11.3 Å².